The van der Waals surface area contributed by atoms with Crippen LogP contribution in [0.2, 0.25) is 0 Å². The number of hydrogen-bond donors (Lipinski definition) is 2. The number of nitrogens with two attached hydrogens (primary N) is 1. The van der Waals surface area contributed by atoms with Gasteiger partial charge in [-0.3, -0.25) is 9.48 Å². The van der Waals surface area contributed by atoms with Crippen LogP contribution in [-0.4, -0.2) is 20.7 Å². The van der Waals surface area contributed by atoms with Crippen LogP contribution in [0.1, 0.15) is 28.7 Å². The summed E-state index contributed by atoms with van der Waals surface area (Å²) in [7, 11) is 0. The van der Waals surface area contributed by atoms with Crippen molar-refractivity contribution in [3.05, 3.63) is 77.5 Å². The van der Waals surface area contributed by atoms with Crippen LogP contribution in [0.4, 0.5) is 4.39 Å². The Balaban J connectivity index is 1.83. The summed E-state index contributed by atoms with van der Waals surface area (Å²) in [5.74, 6) is -0.994. The van der Waals surface area contributed by atoms with E-state index in [-0.39, 0.29) is 11.5 Å². The zero-order valence-corrected chi connectivity index (χ0v) is 14.9. The van der Waals surface area contributed by atoms with Crippen molar-refractivity contribution in [1.29, 1.82) is 0 Å². The Bertz CT molecular complexity index is 1130. The lowest BCUT2D eigenvalue weighted by molar-refractivity contribution is 0.0996. The molecule has 0 aliphatic rings. The first-order valence-corrected chi connectivity index (χ1v) is 8.77. The summed E-state index contributed by atoms with van der Waals surface area (Å²) in [5, 5.41) is 4.02. The Morgan fingerprint density at radius 2 is 1.96 bits per heavy atom. The van der Waals surface area contributed by atoms with E-state index >= 15 is 0 Å². The molecule has 4 rings (SSSR count). The highest BCUT2D eigenvalue weighted by molar-refractivity contribution is 6.01. The molecule has 2 heterocycles. The summed E-state index contributed by atoms with van der Waals surface area (Å²) < 4.78 is 16.3. The molecule has 136 valence electrons. The first-order chi connectivity index (χ1) is 13.0. The molecule has 6 heteroatoms. The van der Waals surface area contributed by atoms with E-state index in [9.17, 15) is 9.18 Å². The highest BCUT2D eigenvalue weighted by Gasteiger charge is 2.14. The summed E-state index contributed by atoms with van der Waals surface area (Å²) in [4.78, 5) is 16.1. The molecule has 0 spiro atoms. The number of fused-ring (bicyclic) bond motifs is 1. The quantitative estimate of drug-likeness (QED) is 0.565. The van der Waals surface area contributed by atoms with E-state index in [1.807, 2.05) is 22.9 Å². The summed E-state index contributed by atoms with van der Waals surface area (Å²) in [6, 6.07) is 13.8. The number of halogens is 1. The van der Waals surface area contributed by atoms with Gasteiger partial charge in [-0.15, -0.1) is 0 Å². The third kappa shape index (κ3) is 3.21. The molecule has 0 unspecified atom stereocenters. The molecule has 4 aromatic rings. The number of carbonyl (C=O) groups is 1. The van der Waals surface area contributed by atoms with E-state index in [2.05, 4.69) is 23.2 Å². The van der Waals surface area contributed by atoms with Crippen molar-refractivity contribution in [2.45, 2.75) is 19.9 Å². The second kappa shape index (κ2) is 6.72. The Kier molecular flexibility index (Phi) is 4.24. The van der Waals surface area contributed by atoms with Gasteiger partial charge in [0.05, 0.1) is 12.1 Å². The maximum absolute atomic E-state index is 14.4. The fourth-order valence-corrected chi connectivity index (χ4v) is 3.22. The van der Waals surface area contributed by atoms with Gasteiger partial charge in [-0.1, -0.05) is 37.3 Å². The van der Waals surface area contributed by atoms with Gasteiger partial charge in [0.2, 0.25) is 0 Å². The molecule has 0 saturated carbocycles. The normalized spacial score (nSPS) is 11.2. The smallest absolute Gasteiger partial charge is 0.267 e. The van der Waals surface area contributed by atoms with Crippen molar-refractivity contribution in [1.82, 2.24) is 14.8 Å². The fourth-order valence-electron chi connectivity index (χ4n) is 3.22. The average molecular weight is 362 g/mol. The number of carbonyl (C=O) groups excluding carboxylic acids is 1. The number of nitrogens with zero attached hydrogens (tertiary/aromatic N) is 2. The monoisotopic (exact) mass is 362 g/mol. The zero-order valence-electron chi connectivity index (χ0n) is 14.9. The van der Waals surface area contributed by atoms with Crippen LogP contribution in [0, 0.1) is 5.82 Å². The molecular formula is C21H19FN4O. The number of nitrogens with one attached hydrogen (secondary N) is 1. The van der Waals surface area contributed by atoms with Gasteiger partial charge in [-0.2, -0.15) is 0 Å². The minimum atomic E-state index is -0.639. The molecule has 0 saturated heterocycles. The molecule has 2 aromatic heterocycles. The number of primary amides is 1. The number of hydrogen-bond acceptors (Lipinski definition) is 2. The lowest BCUT2D eigenvalue weighted by atomic mass is 9.98. The summed E-state index contributed by atoms with van der Waals surface area (Å²) in [6.07, 6.45) is 3.02. The van der Waals surface area contributed by atoms with Gasteiger partial charge < -0.3 is 10.8 Å². The predicted molar refractivity (Wildman–Crippen MR) is 103 cm³/mol. The first-order valence-electron chi connectivity index (χ1n) is 8.77. The minimum Gasteiger partial charge on any atom is -0.364 e. The third-order valence-electron chi connectivity index (χ3n) is 4.62. The number of aromatic nitrogens is 3. The largest absolute Gasteiger partial charge is 0.364 e. The van der Waals surface area contributed by atoms with Crippen molar-refractivity contribution < 1.29 is 9.18 Å². The molecular weight excluding hydrogens is 343 g/mol. The Morgan fingerprint density at radius 3 is 2.67 bits per heavy atom. The lowest BCUT2D eigenvalue weighted by Gasteiger charge is -2.16. The number of aromatic amines is 1. The van der Waals surface area contributed by atoms with Gasteiger partial charge in [0.1, 0.15) is 11.5 Å². The molecule has 0 atom stereocenters. The molecule has 0 aliphatic carbocycles. The molecule has 0 aliphatic heterocycles. The third-order valence-corrected chi connectivity index (χ3v) is 4.62. The van der Waals surface area contributed by atoms with Gasteiger partial charge in [-0.25, -0.2) is 9.37 Å². The van der Waals surface area contributed by atoms with Crippen molar-refractivity contribution in [2.24, 2.45) is 5.73 Å². The van der Waals surface area contributed by atoms with Crippen LogP contribution in [0.5, 0.6) is 0 Å². The van der Waals surface area contributed by atoms with E-state index in [0.717, 1.165) is 17.4 Å². The number of benzene rings is 2. The second-order valence-corrected chi connectivity index (χ2v) is 6.50. The van der Waals surface area contributed by atoms with Crippen LogP contribution in [0.25, 0.3) is 22.0 Å². The SMILES string of the molecule is CCc1cn(Cc2ccc3c(-c4ccccc4F)cc(C(N)=O)nc3c2)[nH]1. The number of amides is 1. The number of aryl methyl sites for hydroxylation is 1. The summed E-state index contributed by atoms with van der Waals surface area (Å²) in [5.41, 5.74) is 9.41. The molecule has 0 fully saturated rings. The van der Waals surface area contributed by atoms with Gasteiger partial charge in [-0.05, 0) is 35.7 Å². The van der Waals surface area contributed by atoms with Crippen LogP contribution in [0.15, 0.2) is 54.7 Å². The van der Waals surface area contributed by atoms with Crippen molar-refractivity contribution in [2.75, 3.05) is 0 Å². The highest BCUT2D eigenvalue weighted by atomic mass is 19.1. The maximum Gasteiger partial charge on any atom is 0.267 e. The Morgan fingerprint density at radius 1 is 1.19 bits per heavy atom. The van der Waals surface area contributed by atoms with Crippen molar-refractivity contribution >= 4 is 16.8 Å². The van der Waals surface area contributed by atoms with Gasteiger partial charge in [0, 0.05) is 22.8 Å². The predicted octanol–water partition coefficient (Wildman–Crippen LogP) is 3.88. The molecule has 3 N–H and O–H groups in total. The van der Waals surface area contributed by atoms with E-state index in [1.54, 1.807) is 24.3 Å². The Hall–Kier alpha value is -3.41. The molecule has 27 heavy (non-hydrogen) atoms. The summed E-state index contributed by atoms with van der Waals surface area (Å²) >= 11 is 0. The number of rotatable bonds is 5. The topological polar surface area (TPSA) is 76.7 Å². The van der Waals surface area contributed by atoms with Crippen LogP contribution < -0.4 is 5.73 Å². The van der Waals surface area contributed by atoms with E-state index in [0.29, 0.717) is 23.2 Å². The molecule has 0 bridgehead atoms. The first kappa shape index (κ1) is 17.0. The van der Waals surface area contributed by atoms with E-state index < -0.39 is 5.91 Å². The number of pyridine rings is 1. The fraction of sp³-hybridized carbons (Fsp3) is 0.143. The number of H-pyrrole nitrogens is 1. The molecule has 0 radical (unpaired) electrons. The van der Waals surface area contributed by atoms with Gasteiger partial charge in [0.25, 0.3) is 5.91 Å². The highest BCUT2D eigenvalue weighted by Crippen LogP contribution is 2.31. The maximum atomic E-state index is 14.4. The van der Waals surface area contributed by atoms with Crippen LogP contribution >= 0.6 is 0 Å². The van der Waals surface area contributed by atoms with Crippen molar-refractivity contribution in [3.63, 3.8) is 0 Å². The van der Waals surface area contributed by atoms with Gasteiger partial charge in [0.15, 0.2) is 0 Å². The average Bonchev–Trinajstić information content (AvgIpc) is 2.63. The standard InChI is InChI=1S/C21H19FN4O/c1-2-14-12-26(25-14)11-13-7-8-16-17(15-5-3-4-6-18(15)22)10-20(21(23)27)24-19(16)9-13/h3-10,12,25H,2,11H2,1H3,(H2,23,27). The van der Waals surface area contributed by atoms with Crippen LogP contribution in [0.3, 0.4) is 0 Å². The molecule has 2 aromatic carbocycles. The van der Waals surface area contributed by atoms with Gasteiger partial charge >= 0.3 is 0 Å². The molecule has 1 amide bonds. The van der Waals surface area contributed by atoms with E-state index in [1.165, 1.54) is 11.8 Å². The Labute approximate surface area is 155 Å². The minimum absolute atomic E-state index is 0.119. The second-order valence-electron chi connectivity index (χ2n) is 6.50. The van der Waals surface area contributed by atoms with E-state index in [4.69, 9.17) is 5.73 Å². The van der Waals surface area contributed by atoms with Crippen molar-refractivity contribution in [3.8, 4) is 11.1 Å². The van der Waals surface area contributed by atoms with Crippen LogP contribution in [-0.2, 0) is 13.0 Å². The zero-order chi connectivity index (χ0) is 19.0. The molecule has 5 nitrogen and oxygen atoms in total. The lowest BCUT2D eigenvalue weighted by Crippen LogP contribution is -2.14. The summed E-state index contributed by atoms with van der Waals surface area (Å²) in [6.45, 7) is 2.75.